The number of amides is 1. The van der Waals surface area contributed by atoms with Gasteiger partial charge in [0.15, 0.2) is 5.82 Å². The normalized spacial score (nSPS) is 12.2. The number of hydrogen-bond donors (Lipinski definition) is 2. The van der Waals surface area contributed by atoms with Crippen molar-refractivity contribution < 1.29 is 9.53 Å². The maximum Gasteiger partial charge on any atom is 0.254 e. The first-order valence-electron chi connectivity index (χ1n) is 6.14. The van der Waals surface area contributed by atoms with Crippen molar-refractivity contribution in [3.63, 3.8) is 0 Å². The van der Waals surface area contributed by atoms with E-state index in [0.29, 0.717) is 5.69 Å². The molecule has 0 saturated heterocycles. The summed E-state index contributed by atoms with van der Waals surface area (Å²) in [5.74, 6) is 0.501. The van der Waals surface area contributed by atoms with Gasteiger partial charge in [-0.15, -0.1) is 10.2 Å². The summed E-state index contributed by atoms with van der Waals surface area (Å²) in [6.07, 6.45) is 0.989. The summed E-state index contributed by atoms with van der Waals surface area (Å²) < 4.78 is 6.80. The van der Waals surface area contributed by atoms with E-state index in [1.807, 2.05) is 23.7 Å². The number of methoxy groups -OCH3 is 1. The van der Waals surface area contributed by atoms with Crippen LogP contribution in [0, 0.1) is 0 Å². The summed E-state index contributed by atoms with van der Waals surface area (Å²) in [4.78, 5) is 11.8. The number of ether oxygens (including phenoxy) is 1. The molecule has 20 heavy (non-hydrogen) atoms. The van der Waals surface area contributed by atoms with Crippen LogP contribution in [0.5, 0.6) is 0 Å². The summed E-state index contributed by atoms with van der Waals surface area (Å²) in [6.45, 7) is 0.138. The largest absolute Gasteiger partial charge is 0.370 e. The number of hydrogen-bond acceptors (Lipinski definition) is 5. The van der Waals surface area contributed by atoms with E-state index in [1.165, 1.54) is 7.11 Å². The minimum atomic E-state index is -0.645. The lowest BCUT2D eigenvalue weighted by molar-refractivity contribution is -0.125. The van der Waals surface area contributed by atoms with E-state index < -0.39 is 6.10 Å². The number of nitrogens with one attached hydrogen (secondary N) is 1. The zero-order chi connectivity index (χ0) is 14.5. The van der Waals surface area contributed by atoms with Crippen LogP contribution in [0.1, 0.15) is 0 Å². The lowest BCUT2D eigenvalue weighted by Gasteiger charge is -2.13. The number of aryl methyl sites for hydroxylation is 1. The topological polar surface area (TPSA) is 95.1 Å². The van der Waals surface area contributed by atoms with Crippen LogP contribution >= 0.6 is 0 Å². The standard InChI is InChI=1S/C13H17N5O2/c1-18-8-15-17-12(18)9-3-5-10(6-4-9)16-13(19)11(7-14)20-2/h3-6,8,11H,7,14H2,1-2H3,(H,16,19). The molecule has 0 bridgehead atoms. The molecule has 1 atom stereocenters. The molecule has 0 saturated carbocycles. The summed E-state index contributed by atoms with van der Waals surface area (Å²) in [5.41, 5.74) is 7.04. The fourth-order valence-corrected chi connectivity index (χ4v) is 1.78. The third-order valence-electron chi connectivity index (χ3n) is 2.91. The molecule has 0 radical (unpaired) electrons. The molecule has 7 heteroatoms. The van der Waals surface area contributed by atoms with Crippen LogP contribution in [0.3, 0.4) is 0 Å². The van der Waals surface area contributed by atoms with Crippen molar-refractivity contribution in [3.8, 4) is 11.4 Å². The Morgan fingerprint density at radius 2 is 2.15 bits per heavy atom. The molecule has 1 amide bonds. The molecule has 0 aliphatic carbocycles. The van der Waals surface area contributed by atoms with Gasteiger partial charge in [-0.25, -0.2) is 0 Å². The summed E-state index contributed by atoms with van der Waals surface area (Å²) in [5, 5.41) is 10.6. The number of aromatic nitrogens is 3. The minimum Gasteiger partial charge on any atom is -0.370 e. The average Bonchev–Trinajstić information content (AvgIpc) is 2.87. The van der Waals surface area contributed by atoms with Crippen molar-refractivity contribution in [2.75, 3.05) is 19.0 Å². The van der Waals surface area contributed by atoms with Crippen molar-refractivity contribution in [1.29, 1.82) is 0 Å². The van der Waals surface area contributed by atoms with E-state index in [9.17, 15) is 4.79 Å². The van der Waals surface area contributed by atoms with Crippen LogP contribution < -0.4 is 11.1 Å². The van der Waals surface area contributed by atoms with Crippen LogP contribution in [-0.2, 0) is 16.6 Å². The van der Waals surface area contributed by atoms with Gasteiger partial charge in [-0.2, -0.15) is 0 Å². The maximum absolute atomic E-state index is 11.8. The second-order valence-corrected chi connectivity index (χ2v) is 4.29. The maximum atomic E-state index is 11.8. The smallest absolute Gasteiger partial charge is 0.254 e. The first-order chi connectivity index (χ1) is 9.65. The SMILES string of the molecule is COC(CN)C(=O)Nc1ccc(-c2nncn2C)cc1. The van der Waals surface area contributed by atoms with Crippen LogP contribution in [-0.4, -0.2) is 40.4 Å². The van der Waals surface area contributed by atoms with E-state index in [4.69, 9.17) is 10.5 Å². The van der Waals surface area contributed by atoms with Crippen molar-refractivity contribution in [2.45, 2.75) is 6.10 Å². The van der Waals surface area contributed by atoms with Crippen LogP contribution in [0.25, 0.3) is 11.4 Å². The molecule has 106 valence electrons. The van der Waals surface area contributed by atoms with Gasteiger partial charge in [0.1, 0.15) is 12.4 Å². The molecule has 1 aromatic carbocycles. The number of carbonyl (C=O) groups is 1. The molecule has 3 N–H and O–H groups in total. The third kappa shape index (κ3) is 3.01. The second kappa shape index (κ2) is 6.27. The Kier molecular flexibility index (Phi) is 4.44. The molecule has 0 aliphatic heterocycles. The second-order valence-electron chi connectivity index (χ2n) is 4.29. The van der Waals surface area contributed by atoms with Crippen LogP contribution in [0.2, 0.25) is 0 Å². The first kappa shape index (κ1) is 14.2. The lowest BCUT2D eigenvalue weighted by atomic mass is 10.2. The molecule has 7 nitrogen and oxygen atoms in total. The van der Waals surface area contributed by atoms with Gasteiger partial charge in [0.25, 0.3) is 5.91 Å². The monoisotopic (exact) mass is 275 g/mol. The van der Waals surface area contributed by atoms with E-state index >= 15 is 0 Å². The van der Waals surface area contributed by atoms with Gasteiger partial charge in [-0.05, 0) is 24.3 Å². The number of anilines is 1. The van der Waals surface area contributed by atoms with Gasteiger partial charge >= 0.3 is 0 Å². The first-order valence-corrected chi connectivity index (χ1v) is 6.14. The summed E-state index contributed by atoms with van der Waals surface area (Å²) in [6, 6.07) is 7.32. The number of nitrogens with two attached hydrogens (primary N) is 1. The predicted octanol–water partition coefficient (Wildman–Crippen LogP) is 0.394. The number of rotatable bonds is 5. The Bertz CT molecular complexity index is 575. The highest BCUT2D eigenvalue weighted by Gasteiger charge is 2.15. The third-order valence-corrected chi connectivity index (χ3v) is 2.91. The van der Waals surface area contributed by atoms with Gasteiger partial charge in [0.2, 0.25) is 0 Å². The molecule has 2 aromatic rings. The summed E-state index contributed by atoms with van der Waals surface area (Å²) >= 11 is 0. The van der Waals surface area contributed by atoms with Gasteiger partial charge in [-0.1, -0.05) is 0 Å². The Balaban J connectivity index is 2.09. The van der Waals surface area contributed by atoms with Crippen LogP contribution in [0.15, 0.2) is 30.6 Å². The van der Waals surface area contributed by atoms with E-state index in [1.54, 1.807) is 18.5 Å². The fourth-order valence-electron chi connectivity index (χ4n) is 1.78. The van der Waals surface area contributed by atoms with Crippen molar-refractivity contribution in [3.05, 3.63) is 30.6 Å². The van der Waals surface area contributed by atoms with Crippen molar-refractivity contribution in [2.24, 2.45) is 12.8 Å². The Morgan fingerprint density at radius 1 is 1.45 bits per heavy atom. The number of nitrogens with zero attached hydrogens (tertiary/aromatic N) is 3. The predicted molar refractivity (Wildman–Crippen MR) is 74.9 cm³/mol. The quantitative estimate of drug-likeness (QED) is 0.823. The molecule has 0 aliphatic rings. The molecule has 1 heterocycles. The Labute approximate surface area is 116 Å². The Hall–Kier alpha value is -2.25. The molecule has 0 fully saturated rings. The molecule has 1 aromatic heterocycles. The van der Waals surface area contributed by atoms with E-state index in [2.05, 4.69) is 15.5 Å². The fraction of sp³-hybridized carbons (Fsp3) is 0.308. The average molecular weight is 275 g/mol. The highest BCUT2D eigenvalue weighted by atomic mass is 16.5. The lowest BCUT2D eigenvalue weighted by Crippen LogP contribution is -2.35. The highest BCUT2D eigenvalue weighted by molar-refractivity contribution is 5.94. The Morgan fingerprint density at radius 3 is 2.65 bits per heavy atom. The van der Waals surface area contributed by atoms with E-state index in [0.717, 1.165) is 11.4 Å². The highest BCUT2D eigenvalue weighted by Crippen LogP contribution is 2.18. The molecular weight excluding hydrogens is 258 g/mol. The summed E-state index contributed by atoms with van der Waals surface area (Å²) in [7, 11) is 3.32. The van der Waals surface area contributed by atoms with Gasteiger partial charge in [0.05, 0.1) is 0 Å². The van der Waals surface area contributed by atoms with Crippen molar-refractivity contribution >= 4 is 11.6 Å². The van der Waals surface area contributed by atoms with Gasteiger partial charge < -0.3 is 20.4 Å². The molecule has 2 rings (SSSR count). The van der Waals surface area contributed by atoms with Gasteiger partial charge in [0, 0.05) is 32.0 Å². The minimum absolute atomic E-state index is 0.138. The van der Waals surface area contributed by atoms with Gasteiger partial charge in [-0.3, -0.25) is 4.79 Å². The molecule has 0 spiro atoms. The zero-order valence-electron chi connectivity index (χ0n) is 11.4. The number of benzene rings is 1. The van der Waals surface area contributed by atoms with Crippen molar-refractivity contribution in [1.82, 2.24) is 14.8 Å². The molecule has 1 unspecified atom stereocenters. The van der Waals surface area contributed by atoms with Crippen LogP contribution in [0.4, 0.5) is 5.69 Å². The number of carbonyl (C=O) groups excluding carboxylic acids is 1. The zero-order valence-corrected chi connectivity index (χ0v) is 11.4. The van der Waals surface area contributed by atoms with E-state index in [-0.39, 0.29) is 12.5 Å². The molecular formula is C13H17N5O2.